The van der Waals surface area contributed by atoms with Gasteiger partial charge in [0.25, 0.3) is 0 Å². The van der Waals surface area contributed by atoms with E-state index in [0.717, 1.165) is 0 Å². The number of rotatable bonds is 5. The highest BCUT2D eigenvalue weighted by Gasteiger charge is 2.34. The molecule has 0 saturated carbocycles. The van der Waals surface area contributed by atoms with Crippen LogP contribution in [0.1, 0.15) is 11.1 Å². The Hall–Kier alpha value is -1.36. The highest BCUT2D eigenvalue weighted by molar-refractivity contribution is 7.85. The Bertz CT molecular complexity index is 879. The zero-order chi connectivity index (χ0) is 18.7. The second-order valence-electron chi connectivity index (χ2n) is 5.79. The third-order valence-corrected chi connectivity index (χ3v) is 6.54. The van der Waals surface area contributed by atoms with Crippen molar-refractivity contribution in [3.8, 4) is 0 Å². The molecule has 3 aromatic carbocycles. The molecule has 0 aliphatic heterocycles. The third-order valence-electron chi connectivity index (χ3n) is 4.07. The quantitative estimate of drug-likeness (QED) is 0.570. The Morgan fingerprint density at radius 3 is 1.69 bits per heavy atom. The Morgan fingerprint density at radius 1 is 0.769 bits per heavy atom. The van der Waals surface area contributed by atoms with Gasteiger partial charge in [0.05, 0.1) is 26.5 Å². The first-order chi connectivity index (χ1) is 12.4. The fourth-order valence-corrected chi connectivity index (χ4v) is 4.71. The van der Waals surface area contributed by atoms with Crippen LogP contribution in [0.5, 0.6) is 0 Å². The minimum Gasteiger partial charge on any atom is -0.379 e. The standard InChI is InChI=1S/C20H15Cl3O2S/c21-16-9-5-14(6-10-16)20(24,15-7-11-17(22)12-8-15)13-26(25)19-4-2-1-3-18(19)23/h1-12,24H,13H2/t26-/m1/s1. The van der Waals surface area contributed by atoms with Crippen LogP contribution in [0, 0.1) is 0 Å². The van der Waals surface area contributed by atoms with Crippen molar-refractivity contribution in [3.63, 3.8) is 0 Å². The van der Waals surface area contributed by atoms with Gasteiger partial charge >= 0.3 is 0 Å². The zero-order valence-corrected chi connectivity index (χ0v) is 16.6. The van der Waals surface area contributed by atoms with Gasteiger partial charge in [0.2, 0.25) is 0 Å². The predicted octanol–water partition coefficient (Wildman–Crippen LogP) is 5.69. The molecule has 0 fully saturated rings. The van der Waals surface area contributed by atoms with E-state index in [4.69, 9.17) is 34.8 Å². The average molecular weight is 426 g/mol. The molecular formula is C20H15Cl3O2S. The predicted molar refractivity (Wildman–Crippen MR) is 109 cm³/mol. The van der Waals surface area contributed by atoms with E-state index in [-0.39, 0.29) is 5.75 Å². The second-order valence-corrected chi connectivity index (χ2v) is 8.49. The number of hydrogen-bond donors (Lipinski definition) is 1. The Kier molecular flexibility index (Phi) is 6.06. The molecule has 0 aliphatic rings. The smallest absolute Gasteiger partial charge is 0.126 e. The molecule has 0 heterocycles. The first-order valence-electron chi connectivity index (χ1n) is 7.77. The van der Waals surface area contributed by atoms with Crippen LogP contribution in [0.4, 0.5) is 0 Å². The fraction of sp³-hybridized carbons (Fsp3) is 0.100. The number of benzene rings is 3. The highest BCUT2D eigenvalue weighted by Crippen LogP contribution is 2.34. The van der Waals surface area contributed by atoms with Gasteiger partial charge in [0, 0.05) is 10.0 Å². The number of aliphatic hydroxyl groups is 1. The maximum Gasteiger partial charge on any atom is 0.126 e. The molecular weight excluding hydrogens is 411 g/mol. The summed E-state index contributed by atoms with van der Waals surface area (Å²) in [5, 5.41) is 13.0. The Labute approximate surface area is 169 Å². The van der Waals surface area contributed by atoms with Crippen molar-refractivity contribution < 1.29 is 9.32 Å². The number of halogens is 3. The Balaban J connectivity index is 2.06. The fourth-order valence-electron chi connectivity index (χ4n) is 2.68. The van der Waals surface area contributed by atoms with Gasteiger partial charge < -0.3 is 5.11 Å². The topological polar surface area (TPSA) is 37.3 Å². The molecule has 0 aliphatic carbocycles. The lowest BCUT2D eigenvalue weighted by Crippen LogP contribution is -2.34. The molecule has 6 heteroatoms. The van der Waals surface area contributed by atoms with Gasteiger partial charge in [-0.25, -0.2) is 0 Å². The monoisotopic (exact) mass is 424 g/mol. The van der Waals surface area contributed by atoms with Crippen molar-refractivity contribution in [2.75, 3.05) is 5.75 Å². The van der Waals surface area contributed by atoms with E-state index in [1.807, 2.05) is 0 Å². The molecule has 1 atom stereocenters. The van der Waals surface area contributed by atoms with Crippen LogP contribution in [0.3, 0.4) is 0 Å². The van der Waals surface area contributed by atoms with E-state index in [1.54, 1.807) is 72.8 Å². The normalized spacial score (nSPS) is 12.8. The van der Waals surface area contributed by atoms with Gasteiger partial charge in [-0.2, -0.15) is 0 Å². The maximum atomic E-state index is 13.0. The minimum absolute atomic E-state index is 0.0556. The van der Waals surface area contributed by atoms with Crippen LogP contribution in [0.2, 0.25) is 15.1 Å². The lowest BCUT2D eigenvalue weighted by Gasteiger charge is -2.29. The van der Waals surface area contributed by atoms with Crippen molar-refractivity contribution in [2.24, 2.45) is 0 Å². The molecule has 134 valence electrons. The molecule has 3 aromatic rings. The van der Waals surface area contributed by atoms with E-state index in [0.29, 0.717) is 31.1 Å². The summed E-state index contributed by atoms with van der Waals surface area (Å²) in [4.78, 5) is 0.482. The van der Waals surface area contributed by atoms with E-state index in [9.17, 15) is 9.32 Å². The van der Waals surface area contributed by atoms with Crippen molar-refractivity contribution in [1.29, 1.82) is 0 Å². The average Bonchev–Trinajstić information content (AvgIpc) is 2.63. The van der Waals surface area contributed by atoms with Crippen LogP contribution in [0.25, 0.3) is 0 Å². The molecule has 0 spiro atoms. The highest BCUT2D eigenvalue weighted by atomic mass is 35.5. The summed E-state index contributed by atoms with van der Waals surface area (Å²) in [7, 11) is -1.52. The molecule has 0 aromatic heterocycles. The van der Waals surface area contributed by atoms with Gasteiger partial charge in [0.1, 0.15) is 5.60 Å². The molecule has 26 heavy (non-hydrogen) atoms. The van der Waals surface area contributed by atoms with Gasteiger partial charge in [0.15, 0.2) is 0 Å². The largest absolute Gasteiger partial charge is 0.379 e. The van der Waals surface area contributed by atoms with Gasteiger partial charge in [-0.05, 0) is 47.5 Å². The maximum absolute atomic E-state index is 13.0. The molecule has 3 rings (SSSR count). The van der Waals surface area contributed by atoms with E-state index >= 15 is 0 Å². The number of hydrogen-bond acceptors (Lipinski definition) is 2. The SMILES string of the molecule is O=[S@](CC(O)(c1ccc(Cl)cc1)c1ccc(Cl)cc1)c1ccccc1Cl. The lowest BCUT2D eigenvalue weighted by atomic mass is 9.88. The van der Waals surface area contributed by atoms with Crippen LogP contribution >= 0.6 is 34.8 Å². The lowest BCUT2D eigenvalue weighted by molar-refractivity contribution is 0.106. The van der Waals surface area contributed by atoms with Gasteiger partial charge in [-0.3, -0.25) is 4.21 Å². The molecule has 1 N–H and O–H groups in total. The van der Waals surface area contributed by atoms with Crippen molar-refractivity contribution in [2.45, 2.75) is 10.5 Å². The molecule has 0 unspecified atom stereocenters. The molecule has 0 bridgehead atoms. The first kappa shape index (κ1) is 19.4. The first-order valence-corrected chi connectivity index (χ1v) is 10.2. The van der Waals surface area contributed by atoms with Crippen LogP contribution < -0.4 is 0 Å². The summed E-state index contributed by atoms with van der Waals surface area (Å²) in [5.41, 5.74) is -0.312. The molecule has 0 saturated heterocycles. The van der Waals surface area contributed by atoms with E-state index < -0.39 is 16.4 Å². The van der Waals surface area contributed by atoms with Gasteiger partial charge in [-0.15, -0.1) is 0 Å². The molecule has 0 amide bonds. The summed E-state index contributed by atoms with van der Waals surface area (Å²) < 4.78 is 13.0. The van der Waals surface area contributed by atoms with E-state index in [1.165, 1.54) is 0 Å². The Morgan fingerprint density at radius 2 is 1.23 bits per heavy atom. The summed E-state index contributed by atoms with van der Waals surface area (Å²) in [6, 6.07) is 20.6. The summed E-state index contributed by atoms with van der Waals surface area (Å²) in [5.74, 6) is -0.0556. The van der Waals surface area contributed by atoms with Crippen molar-refractivity contribution in [3.05, 3.63) is 99.0 Å². The zero-order valence-electron chi connectivity index (χ0n) is 13.5. The van der Waals surface area contributed by atoms with Crippen molar-refractivity contribution in [1.82, 2.24) is 0 Å². The van der Waals surface area contributed by atoms with Crippen LogP contribution in [-0.2, 0) is 16.4 Å². The van der Waals surface area contributed by atoms with E-state index in [2.05, 4.69) is 0 Å². The molecule has 2 nitrogen and oxygen atoms in total. The second kappa shape index (κ2) is 8.12. The van der Waals surface area contributed by atoms with Crippen LogP contribution in [0.15, 0.2) is 77.7 Å². The molecule has 0 radical (unpaired) electrons. The third kappa shape index (κ3) is 4.13. The van der Waals surface area contributed by atoms with Crippen LogP contribution in [-0.4, -0.2) is 15.1 Å². The minimum atomic E-state index is -1.52. The van der Waals surface area contributed by atoms with Gasteiger partial charge in [-0.1, -0.05) is 71.2 Å². The summed E-state index contributed by atoms with van der Waals surface area (Å²) in [6.07, 6.45) is 0. The summed E-state index contributed by atoms with van der Waals surface area (Å²) in [6.45, 7) is 0. The summed E-state index contributed by atoms with van der Waals surface area (Å²) >= 11 is 18.1. The van der Waals surface area contributed by atoms with Crippen molar-refractivity contribution >= 4 is 45.6 Å².